The number of hydrogen-bond acceptors (Lipinski definition) is 3. The Balaban J connectivity index is 2.03. The molecule has 2 aromatic carbocycles. The number of imide groups is 1. The molecular weight excluding hydrogens is 310 g/mol. The van der Waals surface area contributed by atoms with Crippen molar-refractivity contribution in [2.24, 2.45) is 0 Å². The fourth-order valence-electron chi connectivity index (χ4n) is 2.68. The zero-order chi connectivity index (χ0) is 16.6. The van der Waals surface area contributed by atoms with Gasteiger partial charge in [0.2, 0.25) is 5.91 Å². The Morgan fingerprint density at radius 2 is 1.70 bits per heavy atom. The largest absolute Gasteiger partial charge is 0.273 e. The molecule has 0 aromatic heterocycles. The van der Waals surface area contributed by atoms with Crippen LogP contribution in [-0.4, -0.2) is 21.8 Å². The second-order valence-corrected chi connectivity index (χ2v) is 7.17. The van der Waals surface area contributed by atoms with Crippen LogP contribution in [0.3, 0.4) is 0 Å². The van der Waals surface area contributed by atoms with Crippen molar-refractivity contribution in [3.63, 3.8) is 0 Å². The van der Waals surface area contributed by atoms with Crippen molar-refractivity contribution in [1.82, 2.24) is 0 Å². The normalized spacial score (nSPS) is 21.6. The Kier molecular flexibility index (Phi) is 4.13. The Bertz CT molecular complexity index is 801. The number of carbonyl (C=O) groups is 2. The fraction of sp³-hybridized carbons (Fsp3) is 0.222. The Hall–Kier alpha value is -2.27. The van der Waals surface area contributed by atoms with Crippen LogP contribution in [0.15, 0.2) is 48.5 Å². The van der Waals surface area contributed by atoms with Crippen molar-refractivity contribution in [3.8, 4) is 0 Å². The molecule has 0 N–H and O–H groups in total. The molecule has 1 fully saturated rings. The summed E-state index contributed by atoms with van der Waals surface area (Å²) in [6.07, 6.45) is 0. The van der Waals surface area contributed by atoms with E-state index in [1.165, 1.54) is 4.90 Å². The van der Waals surface area contributed by atoms with Crippen LogP contribution in [-0.2, 0) is 20.4 Å². The van der Waals surface area contributed by atoms with E-state index in [0.29, 0.717) is 11.3 Å². The summed E-state index contributed by atoms with van der Waals surface area (Å²) in [5, 5.41) is -0.796. The molecule has 1 saturated heterocycles. The second-order valence-electron chi connectivity index (χ2n) is 5.65. The van der Waals surface area contributed by atoms with E-state index in [1.54, 1.807) is 30.3 Å². The minimum Gasteiger partial charge on any atom is -0.273 e. The predicted molar refractivity (Wildman–Crippen MR) is 90.6 cm³/mol. The zero-order valence-corrected chi connectivity index (χ0v) is 13.8. The summed E-state index contributed by atoms with van der Waals surface area (Å²) in [5.41, 5.74) is 3.32. The van der Waals surface area contributed by atoms with Crippen molar-refractivity contribution < 1.29 is 13.8 Å². The Morgan fingerprint density at radius 3 is 2.35 bits per heavy atom. The van der Waals surface area contributed by atoms with Gasteiger partial charge in [-0.15, -0.1) is 0 Å². The summed E-state index contributed by atoms with van der Waals surface area (Å²) in [7, 11) is -1.53. The van der Waals surface area contributed by atoms with Crippen LogP contribution < -0.4 is 4.90 Å². The lowest BCUT2D eigenvalue weighted by molar-refractivity contribution is -0.125. The first kappa shape index (κ1) is 15.6. The van der Waals surface area contributed by atoms with E-state index >= 15 is 0 Å². The number of carbonyl (C=O) groups excluding carboxylic acids is 2. The molecule has 0 radical (unpaired) electrons. The summed E-state index contributed by atoms with van der Waals surface area (Å²) in [6.45, 7) is 3.91. The molecule has 0 aliphatic carbocycles. The van der Waals surface area contributed by atoms with Crippen molar-refractivity contribution in [1.29, 1.82) is 0 Å². The second kappa shape index (κ2) is 6.08. The first-order chi connectivity index (χ1) is 11.0. The van der Waals surface area contributed by atoms with Gasteiger partial charge in [0, 0.05) is 10.8 Å². The van der Waals surface area contributed by atoms with Gasteiger partial charge in [-0.1, -0.05) is 36.4 Å². The first-order valence-corrected chi connectivity index (χ1v) is 8.73. The van der Waals surface area contributed by atoms with E-state index in [-0.39, 0.29) is 5.75 Å². The monoisotopic (exact) mass is 327 g/mol. The van der Waals surface area contributed by atoms with Crippen LogP contribution in [0.5, 0.6) is 0 Å². The van der Waals surface area contributed by atoms with Crippen molar-refractivity contribution >= 4 is 28.3 Å². The third-order valence-corrected chi connectivity index (χ3v) is 5.60. The standard InChI is InChI=1S/C18H17NO3S/c1-12-8-9-15(10-13(12)2)19-16(20)11-23(22)17(18(19)21)14-6-4-3-5-7-14/h3-10,17H,11H2,1-2H3/t17-,23+/m0/s1. The van der Waals surface area contributed by atoms with Crippen LogP contribution >= 0.6 is 0 Å². The maximum atomic E-state index is 12.9. The summed E-state index contributed by atoms with van der Waals surface area (Å²) in [5.74, 6) is -0.976. The molecule has 0 unspecified atom stereocenters. The first-order valence-electron chi connectivity index (χ1n) is 7.35. The number of aryl methyl sites for hydroxylation is 2. The molecule has 1 heterocycles. The molecular formula is C18H17NO3S. The lowest BCUT2D eigenvalue weighted by atomic mass is 10.1. The lowest BCUT2D eigenvalue weighted by Gasteiger charge is -2.30. The molecule has 0 spiro atoms. The molecule has 4 nitrogen and oxygen atoms in total. The van der Waals surface area contributed by atoms with Crippen molar-refractivity contribution in [2.75, 3.05) is 10.7 Å². The number of nitrogens with zero attached hydrogens (tertiary/aromatic N) is 1. The number of rotatable bonds is 2. The van der Waals surface area contributed by atoms with E-state index in [0.717, 1.165) is 11.1 Å². The van der Waals surface area contributed by atoms with Crippen LogP contribution in [0.4, 0.5) is 5.69 Å². The topological polar surface area (TPSA) is 54.5 Å². The molecule has 1 aliphatic rings. The Morgan fingerprint density at radius 1 is 1.00 bits per heavy atom. The van der Waals surface area contributed by atoms with E-state index in [2.05, 4.69) is 0 Å². The van der Waals surface area contributed by atoms with E-state index in [1.807, 2.05) is 32.0 Å². The third-order valence-electron chi connectivity index (χ3n) is 4.07. The van der Waals surface area contributed by atoms with Gasteiger partial charge < -0.3 is 0 Å². The van der Waals surface area contributed by atoms with Crippen molar-refractivity contribution in [3.05, 3.63) is 65.2 Å². The number of amides is 2. The molecule has 2 amide bonds. The summed E-state index contributed by atoms with van der Waals surface area (Å²) < 4.78 is 12.4. The maximum Gasteiger partial charge on any atom is 0.254 e. The number of hydrogen-bond donors (Lipinski definition) is 0. The van der Waals surface area contributed by atoms with Gasteiger partial charge in [-0.25, -0.2) is 4.90 Å². The summed E-state index contributed by atoms with van der Waals surface area (Å²) in [6, 6.07) is 14.5. The molecule has 0 bridgehead atoms. The minimum absolute atomic E-state index is 0.141. The van der Waals surface area contributed by atoms with Gasteiger partial charge in [0.05, 0.1) is 5.69 Å². The zero-order valence-electron chi connectivity index (χ0n) is 13.0. The highest BCUT2D eigenvalue weighted by Crippen LogP contribution is 2.31. The van der Waals surface area contributed by atoms with Gasteiger partial charge in [0.15, 0.2) is 0 Å². The molecule has 2 atom stereocenters. The average molecular weight is 327 g/mol. The van der Waals surface area contributed by atoms with Crippen LogP contribution in [0.1, 0.15) is 21.9 Å². The molecule has 3 rings (SSSR count). The fourth-order valence-corrected chi connectivity index (χ4v) is 4.01. The molecule has 5 heteroatoms. The van der Waals surface area contributed by atoms with Gasteiger partial charge in [-0.3, -0.25) is 13.8 Å². The highest BCUT2D eigenvalue weighted by Gasteiger charge is 2.41. The van der Waals surface area contributed by atoms with Crippen LogP contribution in [0.25, 0.3) is 0 Å². The molecule has 1 aliphatic heterocycles. The van der Waals surface area contributed by atoms with E-state index in [9.17, 15) is 13.8 Å². The predicted octanol–water partition coefficient (Wildman–Crippen LogP) is 2.67. The molecule has 2 aromatic rings. The third kappa shape index (κ3) is 2.84. The highest BCUT2D eigenvalue weighted by molar-refractivity contribution is 7.87. The number of anilines is 1. The van der Waals surface area contributed by atoms with Crippen LogP contribution in [0, 0.1) is 13.8 Å². The van der Waals surface area contributed by atoms with E-state index < -0.39 is 27.9 Å². The Labute approximate surface area is 137 Å². The van der Waals surface area contributed by atoms with Gasteiger partial charge in [-0.05, 0) is 42.7 Å². The van der Waals surface area contributed by atoms with Gasteiger partial charge in [0.25, 0.3) is 5.91 Å². The molecule has 118 valence electrons. The number of benzene rings is 2. The van der Waals surface area contributed by atoms with Gasteiger partial charge >= 0.3 is 0 Å². The summed E-state index contributed by atoms with van der Waals surface area (Å²) in [4.78, 5) is 26.3. The maximum absolute atomic E-state index is 12.9. The minimum atomic E-state index is -1.53. The quantitative estimate of drug-likeness (QED) is 0.797. The SMILES string of the molecule is Cc1ccc(N2C(=O)C[S@@](=O)[C@@H](c3ccccc3)C2=O)cc1C. The molecule has 23 heavy (non-hydrogen) atoms. The summed E-state index contributed by atoms with van der Waals surface area (Å²) >= 11 is 0. The lowest BCUT2D eigenvalue weighted by Crippen LogP contribution is -2.49. The van der Waals surface area contributed by atoms with Crippen molar-refractivity contribution in [2.45, 2.75) is 19.1 Å². The van der Waals surface area contributed by atoms with Crippen LogP contribution in [0.2, 0.25) is 0 Å². The smallest absolute Gasteiger partial charge is 0.254 e. The van der Waals surface area contributed by atoms with E-state index in [4.69, 9.17) is 0 Å². The van der Waals surface area contributed by atoms with Gasteiger partial charge in [0.1, 0.15) is 11.0 Å². The highest BCUT2D eigenvalue weighted by atomic mass is 32.2. The van der Waals surface area contributed by atoms with Gasteiger partial charge in [-0.2, -0.15) is 0 Å². The molecule has 0 saturated carbocycles. The average Bonchev–Trinajstić information content (AvgIpc) is 2.51.